The predicted octanol–water partition coefficient (Wildman–Crippen LogP) is 4.24. The van der Waals surface area contributed by atoms with Crippen LogP contribution in [0.15, 0.2) is 71.2 Å². The number of amides is 1. The number of nitriles is 1. The smallest absolute Gasteiger partial charge is 0.412 e. The SMILES string of the molecule is COC(=O)C1=C(C(=O)OC)N(c2ccc(NC(=O)OC(C)(C)C)c(C)c2)C(N)=C(C#N)C1c1ccccc1. The van der Waals surface area contributed by atoms with Crippen LogP contribution < -0.4 is 16.0 Å². The molecule has 0 spiro atoms. The molecule has 3 N–H and O–H groups in total. The summed E-state index contributed by atoms with van der Waals surface area (Å²) in [5.41, 5.74) is 7.61. The van der Waals surface area contributed by atoms with Crippen LogP contribution in [0.2, 0.25) is 0 Å². The quantitative estimate of drug-likeness (QED) is 0.438. The molecular weight excluding hydrogens is 488 g/mol. The average Bonchev–Trinajstić information content (AvgIpc) is 2.87. The van der Waals surface area contributed by atoms with Gasteiger partial charge in [0.2, 0.25) is 0 Å². The Morgan fingerprint density at radius 3 is 2.18 bits per heavy atom. The maximum atomic E-state index is 13.2. The first-order chi connectivity index (χ1) is 17.9. The lowest BCUT2D eigenvalue weighted by Gasteiger charge is -2.36. The summed E-state index contributed by atoms with van der Waals surface area (Å²) in [6.45, 7) is 7.00. The number of carbonyl (C=O) groups excluding carboxylic acids is 3. The first-order valence-electron chi connectivity index (χ1n) is 11.7. The van der Waals surface area contributed by atoms with Crippen LogP contribution in [0.25, 0.3) is 0 Å². The number of carbonyl (C=O) groups is 3. The number of nitrogens with two attached hydrogens (primary N) is 1. The lowest BCUT2D eigenvalue weighted by molar-refractivity contribution is -0.139. The van der Waals surface area contributed by atoms with E-state index in [4.69, 9.17) is 19.9 Å². The van der Waals surface area contributed by atoms with Crippen molar-refractivity contribution in [2.45, 2.75) is 39.2 Å². The Hall–Kier alpha value is -4.78. The molecule has 0 bridgehead atoms. The van der Waals surface area contributed by atoms with Crippen molar-refractivity contribution in [3.63, 3.8) is 0 Å². The van der Waals surface area contributed by atoms with Crippen LogP contribution in [-0.2, 0) is 23.8 Å². The number of benzene rings is 2. The second-order valence-corrected chi connectivity index (χ2v) is 9.46. The number of hydrogen-bond acceptors (Lipinski definition) is 9. The minimum absolute atomic E-state index is 0.0536. The largest absolute Gasteiger partial charge is 0.466 e. The highest BCUT2D eigenvalue weighted by molar-refractivity contribution is 6.06. The van der Waals surface area contributed by atoms with Gasteiger partial charge < -0.3 is 19.9 Å². The number of ether oxygens (including phenoxy) is 3. The molecule has 0 radical (unpaired) electrons. The molecule has 0 aromatic heterocycles. The molecule has 3 rings (SSSR count). The standard InChI is InChI=1S/C28H30N4O6/c1-16-14-18(12-13-20(16)31-27(35)38-28(2,3)4)32-23(26(34)37-6)22(25(33)36-5)21(19(15-29)24(32)30)17-10-8-7-9-11-17/h7-14,21H,30H2,1-6H3,(H,31,35). The fourth-order valence-electron chi connectivity index (χ4n) is 4.12. The molecule has 38 heavy (non-hydrogen) atoms. The second-order valence-electron chi connectivity index (χ2n) is 9.46. The monoisotopic (exact) mass is 518 g/mol. The van der Waals surface area contributed by atoms with Crippen molar-refractivity contribution in [3.8, 4) is 6.07 Å². The van der Waals surface area contributed by atoms with E-state index >= 15 is 0 Å². The molecule has 0 fully saturated rings. The number of methoxy groups -OCH3 is 2. The van der Waals surface area contributed by atoms with E-state index in [-0.39, 0.29) is 22.7 Å². The molecule has 0 aliphatic carbocycles. The third kappa shape index (κ3) is 5.62. The fourth-order valence-corrected chi connectivity index (χ4v) is 4.12. The lowest BCUT2D eigenvalue weighted by atomic mass is 9.81. The van der Waals surface area contributed by atoms with Crippen molar-refractivity contribution in [2.24, 2.45) is 5.73 Å². The minimum atomic E-state index is -0.965. The molecule has 10 nitrogen and oxygen atoms in total. The Morgan fingerprint density at radius 1 is 1.03 bits per heavy atom. The molecule has 0 saturated carbocycles. The molecule has 1 aliphatic heterocycles. The highest BCUT2D eigenvalue weighted by Crippen LogP contribution is 2.43. The fraction of sp³-hybridized carbons (Fsp3) is 0.286. The van der Waals surface area contributed by atoms with E-state index in [9.17, 15) is 19.6 Å². The Morgan fingerprint density at radius 2 is 1.66 bits per heavy atom. The van der Waals surface area contributed by atoms with Crippen LogP contribution in [0, 0.1) is 18.3 Å². The highest BCUT2D eigenvalue weighted by atomic mass is 16.6. The van der Waals surface area contributed by atoms with Gasteiger partial charge in [-0.3, -0.25) is 10.2 Å². The van der Waals surface area contributed by atoms with Gasteiger partial charge in [0.05, 0.1) is 37.4 Å². The maximum Gasteiger partial charge on any atom is 0.412 e. The first-order valence-corrected chi connectivity index (χ1v) is 11.7. The number of nitrogens with one attached hydrogen (secondary N) is 1. The van der Waals surface area contributed by atoms with Gasteiger partial charge in [0.15, 0.2) is 0 Å². The number of esters is 2. The van der Waals surface area contributed by atoms with E-state index in [2.05, 4.69) is 11.4 Å². The molecule has 1 unspecified atom stereocenters. The molecule has 1 amide bonds. The minimum Gasteiger partial charge on any atom is -0.466 e. The zero-order valence-corrected chi connectivity index (χ0v) is 22.1. The van der Waals surface area contributed by atoms with E-state index < -0.39 is 29.6 Å². The third-order valence-electron chi connectivity index (χ3n) is 5.71. The summed E-state index contributed by atoms with van der Waals surface area (Å²) >= 11 is 0. The molecular formula is C28H30N4O6. The summed E-state index contributed by atoms with van der Waals surface area (Å²) < 4.78 is 15.4. The number of nitrogens with zero attached hydrogens (tertiary/aromatic N) is 2. The Bertz CT molecular complexity index is 1370. The zero-order chi connectivity index (χ0) is 28.2. The first kappa shape index (κ1) is 27.8. The van der Waals surface area contributed by atoms with Gasteiger partial charge in [0, 0.05) is 11.4 Å². The van der Waals surface area contributed by atoms with Crippen molar-refractivity contribution < 1.29 is 28.6 Å². The van der Waals surface area contributed by atoms with Crippen LogP contribution in [0.5, 0.6) is 0 Å². The van der Waals surface area contributed by atoms with Crippen LogP contribution >= 0.6 is 0 Å². The number of anilines is 2. The van der Waals surface area contributed by atoms with E-state index in [1.165, 1.54) is 19.1 Å². The van der Waals surface area contributed by atoms with E-state index in [1.54, 1.807) is 76.2 Å². The maximum absolute atomic E-state index is 13.2. The summed E-state index contributed by atoms with van der Waals surface area (Å²) in [6, 6.07) is 15.7. The summed E-state index contributed by atoms with van der Waals surface area (Å²) in [4.78, 5) is 39.9. The zero-order valence-electron chi connectivity index (χ0n) is 22.1. The van der Waals surface area contributed by atoms with Gasteiger partial charge in [0.25, 0.3) is 0 Å². The molecule has 1 aliphatic rings. The van der Waals surface area contributed by atoms with Crippen molar-refractivity contribution in [3.05, 3.63) is 82.3 Å². The van der Waals surface area contributed by atoms with Crippen LogP contribution in [0.4, 0.5) is 16.2 Å². The van der Waals surface area contributed by atoms with E-state index in [0.717, 1.165) is 0 Å². The Labute approximate surface area is 221 Å². The molecule has 2 aromatic rings. The number of aryl methyl sites for hydroxylation is 1. The molecule has 2 aromatic carbocycles. The van der Waals surface area contributed by atoms with Gasteiger partial charge in [-0.15, -0.1) is 0 Å². The van der Waals surface area contributed by atoms with Crippen molar-refractivity contribution in [1.29, 1.82) is 5.26 Å². The summed E-state index contributed by atoms with van der Waals surface area (Å²) in [6.07, 6.45) is -0.633. The number of hydrogen-bond donors (Lipinski definition) is 2. The summed E-state index contributed by atoms with van der Waals surface area (Å²) in [5.74, 6) is -2.68. The molecule has 10 heteroatoms. The molecule has 1 atom stereocenters. The Kier molecular flexibility index (Phi) is 8.11. The number of rotatable bonds is 5. The number of allylic oxidation sites excluding steroid dienone is 1. The van der Waals surface area contributed by atoms with Crippen molar-refractivity contribution >= 4 is 29.4 Å². The average molecular weight is 519 g/mol. The van der Waals surface area contributed by atoms with Gasteiger partial charge in [0.1, 0.15) is 17.1 Å². The summed E-state index contributed by atoms with van der Waals surface area (Å²) in [7, 11) is 2.37. The van der Waals surface area contributed by atoms with E-state index in [1.807, 2.05) is 0 Å². The van der Waals surface area contributed by atoms with Crippen LogP contribution in [-0.4, -0.2) is 37.9 Å². The Balaban J connectivity index is 2.22. The molecule has 0 saturated heterocycles. The van der Waals surface area contributed by atoms with E-state index in [0.29, 0.717) is 22.5 Å². The van der Waals surface area contributed by atoms with Gasteiger partial charge in [-0.25, -0.2) is 14.4 Å². The van der Waals surface area contributed by atoms with Gasteiger partial charge in [-0.1, -0.05) is 30.3 Å². The van der Waals surface area contributed by atoms with Crippen LogP contribution in [0.1, 0.15) is 37.8 Å². The topological polar surface area (TPSA) is 144 Å². The third-order valence-corrected chi connectivity index (χ3v) is 5.71. The van der Waals surface area contributed by atoms with Gasteiger partial charge in [-0.2, -0.15) is 5.26 Å². The predicted molar refractivity (Wildman–Crippen MR) is 141 cm³/mol. The van der Waals surface area contributed by atoms with Crippen molar-refractivity contribution in [2.75, 3.05) is 24.4 Å². The second kappa shape index (κ2) is 11.1. The molecule has 1 heterocycles. The van der Waals surface area contributed by atoms with Crippen molar-refractivity contribution in [1.82, 2.24) is 0 Å². The lowest BCUT2D eigenvalue weighted by Crippen LogP contribution is -2.40. The highest BCUT2D eigenvalue weighted by Gasteiger charge is 2.43. The normalized spacial score (nSPS) is 15.5. The van der Waals surface area contributed by atoms with Crippen LogP contribution in [0.3, 0.4) is 0 Å². The molecule has 198 valence electrons. The van der Waals surface area contributed by atoms with Gasteiger partial charge >= 0.3 is 18.0 Å². The summed E-state index contributed by atoms with van der Waals surface area (Å²) in [5, 5.41) is 12.8. The van der Waals surface area contributed by atoms with Gasteiger partial charge in [-0.05, 0) is 57.0 Å².